The fraction of sp³-hybridized carbons (Fsp3) is 0.917. The van der Waals surface area contributed by atoms with Crippen LogP contribution in [0.1, 0.15) is 194 Å². The molecule has 4 heteroatoms. The molecule has 40 heavy (non-hydrogen) atoms. The number of aliphatic hydroxyl groups is 2. The Morgan fingerprint density at radius 3 is 1.35 bits per heavy atom. The molecule has 0 aromatic carbocycles. The molecule has 0 unspecified atom stereocenters. The molecule has 0 radical (unpaired) electrons. The zero-order valence-corrected chi connectivity index (χ0v) is 27.1. The highest BCUT2D eigenvalue weighted by Gasteiger charge is 2.19. The van der Waals surface area contributed by atoms with Crippen LogP contribution in [0.15, 0.2) is 12.2 Å². The SMILES string of the molecule is CCCCCCCCCCCCC=CC[C@@H](O)[C@H](CO)NC(=O)CCCCCCCCCCCCCCCCC. The van der Waals surface area contributed by atoms with Gasteiger partial charge in [0.1, 0.15) is 0 Å². The summed E-state index contributed by atoms with van der Waals surface area (Å²) in [7, 11) is 0. The normalized spacial score (nSPS) is 13.2. The molecule has 0 aromatic rings. The van der Waals surface area contributed by atoms with Gasteiger partial charge in [0.2, 0.25) is 5.91 Å². The monoisotopic (exact) mass is 566 g/mol. The van der Waals surface area contributed by atoms with E-state index >= 15 is 0 Å². The summed E-state index contributed by atoms with van der Waals surface area (Å²) in [5.74, 6) is -0.0536. The maximum atomic E-state index is 12.3. The average Bonchev–Trinajstić information content (AvgIpc) is 2.96. The summed E-state index contributed by atoms with van der Waals surface area (Å²) in [6.07, 6.45) is 38.5. The van der Waals surface area contributed by atoms with E-state index in [0.717, 1.165) is 19.3 Å². The lowest BCUT2D eigenvalue weighted by Crippen LogP contribution is -2.45. The molecule has 0 saturated carbocycles. The highest BCUT2D eigenvalue weighted by atomic mass is 16.3. The molecular weight excluding hydrogens is 494 g/mol. The van der Waals surface area contributed by atoms with E-state index in [1.54, 1.807) is 0 Å². The van der Waals surface area contributed by atoms with Crippen LogP contribution in [0.4, 0.5) is 0 Å². The van der Waals surface area contributed by atoms with Crippen LogP contribution in [0, 0.1) is 0 Å². The molecule has 2 atom stereocenters. The molecule has 0 bridgehead atoms. The summed E-state index contributed by atoms with van der Waals surface area (Å²) in [6.45, 7) is 4.32. The Bertz CT molecular complexity index is 536. The van der Waals surface area contributed by atoms with E-state index in [1.165, 1.54) is 148 Å². The molecule has 0 aliphatic carbocycles. The van der Waals surface area contributed by atoms with Gasteiger partial charge in [-0.1, -0.05) is 174 Å². The van der Waals surface area contributed by atoms with Gasteiger partial charge in [0.25, 0.3) is 0 Å². The van der Waals surface area contributed by atoms with Crippen LogP contribution in [-0.4, -0.2) is 34.9 Å². The van der Waals surface area contributed by atoms with Gasteiger partial charge in [-0.05, 0) is 25.7 Å². The summed E-state index contributed by atoms with van der Waals surface area (Å²) in [5.41, 5.74) is 0. The Hall–Kier alpha value is -0.870. The minimum atomic E-state index is -0.737. The third-order valence-electron chi connectivity index (χ3n) is 8.28. The van der Waals surface area contributed by atoms with Crippen molar-refractivity contribution in [2.45, 2.75) is 206 Å². The Kier molecular flexibility index (Phi) is 31.9. The number of nitrogens with one attached hydrogen (secondary N) is 1. The quantitative estimate of drug-likeness (QED) is 0.0561. The van der Waals surface area contributed by atoms with Gasteiger partial charge >= 0.3 is 0 Å². The zero-order valence-electron chi connectivity index (χ0n) is 27.1. The Morgan fingerprint density at radius 1 is 0.575 bits per heavy atom. The highest BCUT2D eigenvalue weighted by Crippen LogP contribution is 2.14. The van der Waals surface area contributed by atoms with E-state index in [-0.39, 0.29) is 12.5 Å². The van der Waals surface area contributed by atoms with Gasteiger partial charge in [0.05, 0.1) is 18.8 Å². The fourth-order valence-electron chi connectivity index (χ4n) is 5.47. The van der Waals surface area contributed by atoms with E-state index in [1.807, 2.05) is 6.08 Å². The second-order valence-corrected chi connectivity index (χ2v) is 12.3. The van der Waals surface area contributed by atoms with Gasteiger partial charge in [-0.15, -0.1) is 0 Å². The van der Waals surface area contributed by atoms with E-state index in [0.29, 0.717) is 12.8 Å². The first-order valence-corrected chi connectivity index (χ1v) is 17.9. The van der Waals surface area contributed by atoms with Crippen LogP contribution in [0.2, 0.25) is 0 Å². The molecule has 0 rings (SSSR count). The highest BCUT2D eigenvalue weighted by molar-refractivity contribution is 5.76. The van der Waals surface area contributed by atoms with Crippen molar-refractivity contribution >= 4 is 5.91 Å². The summed E-state index contributed by atoms with van der Waals surface area (Å²) < 4.78 is 0. The van der Waals surface area contributed by atoms with Crippen LogP contribution >= 0.6 is 0 Å². The van der Waals surface area contributed by atoms with Crippen LogP contribution in [0.3, 0.4) is 0 Å². The predicted octanol–water partition coefficient (Wildman–Crippen LogP) is 10.3. The van der Waals surface area contributed by atoms with Crippen molar-refractivity contribution in [3.63, 3.8) is 0 Å². The van der Waals surface area contributed by atoms with Gasteiger partial charge in [-0.2, -0.15) is 0 Å². The van der Waals surface area contributed by atoms with Crippen molar-refractivity contribution in [2.75, 3.05) is 6.61 Å². The number of hydrogen-bond acceptors (Lipinski definition) is 3. The summed E-state index contributed by atoms with van der Waals surface area (Å²) in [5, 5.41) is 22.9. The molecule has 1 amide bonds. The van der Waals surface area contributed by atoms with Gasteiger partial charge < -0.3 is 15.5 Å². The summed E-state index contributed by atoms with van der Waals surface area (Å²) in [4.78, 5) is 12.3. The third-order valence-corrected chi connectivity index (χ3v) is 8.28. The van der Waals surface area contributed by atoms with Crippen LogP contribution in [-0.2, 0) is 4.79 Å². The minimum absolute atomic E-state index is 0.0536. The van der Waals surface area contributed by atoms with Crippen LogP contribution < -0.4 is 5.32 Å². The first-order valence-electron chi connectivity index (χ1n) is 17.9. The van der Waals surface area contributed by atoms with E-state index in [2.05, 4.69) is 25.2 Å². The van der Waals surface area contributed by atoms with Gasteiger partial charge in [-0.25, -0.2) is 0 Å². The maximum absolute atomic E-state index is 12.3. The topological polar surface area (TPSA) is 69.6 Å². The zero-order chi connectivity index (χ0) is 29.4. The number of rotatable bonds is 32. The van der Waals surface area contributed by atoms with E-state index in [4.69, 9.17) is 0 Å². The molecular formula is C36H71NO3. The molecule has 0 saturated heterocycles. The minimum Gasteiger partial charge on any atom is -0.394 e. The largest absolute Gasteiger partial charge is 0.394 e. The Morgan fingerprint density at radius 2 is 0.950 bits per heavy atom. The van der Waals surface area contributed by atoms with Gasteiger partial charge in [0, 0.05) is 6.42 Å². The van der Waals surface area contributed by atoms with Crippen molar-refractivity contribution in [3.05, 3.63) is 12.2 Å². The molecule has 0 spiro atoms. The second-order valence-electron chi connectivity index (χ2n) is 12.3. The maximum Gasteiger partial charge on any atom is 0.220 e. The number of allylic oxidation sites excluding steroid dienone is 1. The molecule has 0 heterocycles. The molecule has 0 fully saturated rings. The lowest BCUT2D eigenvalue weighted by molar-refractivity contribution is -0.123. The van der Waals surface area contributed by atoms with Crippen molar-refractivity contribution in [1.29, 1.82) is 0 Å². The Balaban J connectivity index is 3.60. The van der Waals surface area contributed by atoms with Crippen molar-refractivity contribution in [1.82, 2.24) is 5.32 Å². The molecule has 0 aliphatic heterocycles. The Labute approximate surface area is 250 Å². The molecule has 238 valence electrons. The van der Waals surface area contributed by atoms with Crippen LogP contribution in [0.25, 0.3) is 0 Å². The lowest BCUT2D eigenvalue weighted by atomic mass is 10.0. The van der Waals surface area contributed by atoms with Gasteiger partial charge in [-0.3, -0.25) is 4.79 Å². The number of amides is 1. The smallest absolute Gasteiger partial charge is 0.220 e. The molecule has 0 aromatic heterocycles. The predicted molar refractivity (Wildman–Crippen MR) is 175 cm³/mol. The van der Waals surface area contributed by atoms with E-state index in [9.17, 15) is 15.0 Å². The number of carbonyl (C=O) groups is 1. The summed E-state index contributed by atoms with van der Waals surface area (Å²) >= 11 is 0. The van der Waals surface area contributed by atoms with Crippen LogP contribution in [0.5, 0.6) is 0 Å². The number of hydrogen-bond donors (Lipinski definition) is 3. The fourth-order valence-corrected chi connectivity index (χ4v) is 5.47. The standard InChI is InChI=1S/C36H71NO3/c1-3-5-7-9-11-13-15-17-18-20-22-24-26-28-30-32-36(40)37-34(33-38)35(39)31-29-27-25-23-21-19-16-14-12-10-8-6-4-2/h27,29,34-35,38-39H,3-26,28,30-33H2,1-2H3,(H,37,40)/t34-,35+/m0/s1. The number of unbranched alkanes of at least 4 members (excludes halogenated alkanes) is 24. The second kappa shape index (κ2) is 32.6. The lowest BCUT2D eigenvalue weighted by Gasteiger charge is -2.21. The van der Waals surface area contributed by atoms with Crippen molar-refractivity contribution in [3.8, 4) is 0 Å². The first-order chi connectivity index (χ1) is 19.7. The molecule has 3 N–H and O–H groups in total. The molecule has 0 aliphatic rings. The molecule has 4 nitrogen and oxygen atoms in total. The van der Waals surface area contributed by atoms with Crippen molar-refractivity contribution < 1.29 is 15.0 Å². The van der Waals surface area contributed by atoms with Crippen molar-refractivity contribution in [2.24, 2.45) is 0 Å². The number of aliphatic hydroxyl groups excluding tert-OH is 2. The number of carbonyl (C=O) groups excluding carboxylic acids is 1. The average molecular weight is 566 g/mol. The third kappa shape index (κ3) is 28.7. The first kappa shape index (κ1) is 39.1. The van der Waals surface area contributed by atoms with E-state index < -0.39 is 12.1 Å². The summed E-state index contributed by atoms with van der Waals surface area (Å²) in [6, 6.07) is -0.578. The van der Waals surface area contributed by atoms with Gasteiger partial charge in [0.15, 0.2) is 0 Å².